The van der Waals surface area contributed by atoms with E-state index >= 15 is 0 Å². The van der Waals surface area contributed by atoms with Crippen LogP contribution in [0.2, 0.25) is 0 Å². The number of nitrogens with zero attached hydrogens (tertiary/aromatic N) is 5. The lowest BCUT2D eigenvalue weighted by Crippen LogP contribution is -2.46. The van der Waals surface area contributed by atoms with Gasteiger partial charge in [-0.3, -0.25) is 9.69 Å². The third kappa shape index (κ3) is 5.11. The molecule has 1 fully saturated rings. The molecule has 0 aliphatic carbocycles. The number of carbonyl (C=O) groups excluding carboxylic acids is 1. The van der Waals surface area contributed by atoms with E-state index in [2.05, 4.69) is 33.6 Å². The van der Waals surface area contributed by atoms with E-state index in [1.807, 2.05) is 0 Å². The van der Waals surface area contributed by atoms with Crippen LogP contribution in [-0.2, 0) is 11.2 Å². The number of amides is 1. The van der Waals surface area contributed by atoms with Crippen molar-refractivity contribution in [2.45, 2.75) is 46.0 Å². The highest BCUT2D eigenvalue weighted by atomic mass is 16.5. The van der Waals surface area contributed by atoms with Crippen molar-refractivity contribution in [2.24, 2.45) is 0 Å². The minimum absolute atomic E-state index is 0.0540. The molecule has 0 unspecified atom stereocenters. The van der Waals surface area contributed by atoms with Gasteiger partial charge in [0.15, 0.2) is 0 Å². The van der Waals surface area contributed by atoms with Gasteiger partial charge in [0.2, 0.25) is 5.91 Å². The van der Waals surface area contributed by atoms with Crippen LogP contribution in [0.5, 0.6) is 6.01 Å². The van der Waals surface area contributed by atoms with Crippen LogP contribution in [0.4, 0.5) is 11.6 Å². The van der Waals surface area contributed by atoms with Gasteiger partial charge in [-0.2, -0.15) is 9.97 Å². The molecule has 1 saturated heterocycles. The molecule has 2 aliphatic heterocycles. The molecule has 0 radical (unpaired) electrons. The van der Waals surface area contributed by atoms with E-state index < -0.39 is 0 Å². The lowest BCUT2D eigenvalue weighted by atomic mass is 10.2. The lowest BCUT2D eigenvalue weighted by molar-refractivity contribution is -0.117. The summed E-state index contributed by atoms with van der Waals surface area (Å²) in [5.41, 5.74) is 6.80. The van der Waals surface area contributed by atoms with Crippen molar-refractivity contribution < 1.29 is 9.53 Å². The zero-order chi connectivity index (χ0) is 19.9. The maximum absolute atomic E-state index is 12.5. The maximum Gasteiger partial charge on any atom is 0.320 e. The van der Waals surface area contributed by atoms with Gasteiger partial charge in [-0.15, -0.1) is 0 Å². The van der Waals surface area contributed by atoms with Gasteiger partial charge in [0, 0.05) is 38.3 Å². The average molecular weight is 391 g/mol. The second-order valence-corrected chi connectivity index (χ2v) is 7.60. The molecule has 1 aromatic heterocycles. The summed E-state index contributed by atoms with van der Waals surface area (Å²) < 4.78 is 5.61. The highest BCUT2D eigenvalue weighted by molar-refractivity contribution is 6.01. The van der Waals surface area contributed by atoms with E-state index in [1.165, 1.54) is 0 Å². The topological polar surface area (TPSA) is 87.8 Å². The Kier molecular flexibility index (Phi) is 7.44. The van der Waals surface area contributed by atoms with Crippen LogP contribution in [0, 0.1) is 0 Å². The van der Waals surface area contributed by atoms with Gasteiger partial charge in [-0.05, 0) is 32.4 Å². The molecule has 1 aromatic rings. The van der Waals surface area contributed by atoms with E-state index in [1.54, 1.807) is 4.90 Å². The Morgan fingerprint density at radius 3 is 2.43 bits per heavy atom. The molecule has 0 spiro atoms. The molecule has 3 rings (SSSR count). The summed E-state index contributed by atoms with van der Waals surface area (Å²) in [6.45, 7) is 12.4. The van der Waals surface area contributed by atoms with E-state index in [-0.39, 0.29) is 18.3 Å². The number of likely N-dealkylation sites (N-methyl/N-ethyl adjacent to an activating group) is 1. The SMILES string of the molecule is CCCCOc1nc(N)c2c(n1)N(CCCCN1CCN(CC)CC1)C(=O)C2. The molecule has 3 heterocycles. The number of nitrogens with two attached hydrogens (primary N) is 1. The first kappa shape index (κ1) is 20.8. The van der Waals surface area contributed by atoms with Gasteiger partial charge in [-0.25, -0.2) is 0 Å². The Bertz CT molecular complexity index is 660. The predicted octanol–water partition coefficient (Wildman–Crippen LogP) is 1.54. The molecule has 1 amide bonds. The number of nitrogen functional groups attached to an aromatic ring is 1. The fourth-order valence-corrected chi connectivity index (χ4v) is 3.76. The summed E-state index contributed by atoms with van der Waals surface area (Å²) in [5.74, 6) is 1.06. The number of ether oxygens (including phenoxy) is 1. The molecular weight excluding hydrogens is 356 g/mol. The minimum Gasteiger partial charge on any atom is -0.463 e. The first-order valence-corrected chi connectivity index (χ1v) is 10.7. The second kappa shape index (κ2) is 10.0. The number of anilines is 2. The smallest absolute Gasteiger partial charge is 0.320 e. The summed E-state index contributed by atoms with van der Waals surface area (Å²) in [5, 5.41) is 0. The van der Waals surface area contributed by atoms with Crippen molar-refractivity contribution in [3.05, 3.63) is 5.56 Å². The van der Waals surface area contributed by atoms with E-state index in [4.69, 9.17) is 10.5 Å². The molecule has 2 N–H and O–H groups in total. The van der Waals surface area contributed by atoms with Crippen molar-refractivity contribution in [3.8, 4) is 6.01 Å². The third-order valence-corrected chi connectivity index (χ3v) is 5.63. The lowest BCUT2D eigenvalue weighted by Gasteiger charge is -2.34. The number of unbranched alkanes of at least 4 members (excludes halogenated alkanes) is 2. The van der Waals surface area contributed by atoms with Gasteiger partial charge in [0.1, 0.15) is 11.6 Å². The van der Waals surface area contributed by atoms with Crippen LogP contribution >= 0.6 is 0 Å². The quantitative estimate of drug-likeness (QED) is 0.606. The van der Waals surface area contributed by atoms with Crippen LogP contribution in [-0.4, -0.2) is 78.1 Å². The Labute approximate surface area is 168 Å². The monoisotopic (exact) mass is 390 g/mol. The molecule has 2 aliphatic rings. The molecule has 8 nitrogen and oxygen atoms in total. The molecule has 0 bridgehead atoms. The van der Waals surface area contributed by atoms with Crippen LogP contribution in [0.15, 0.2) is 0 Å². The third-order valence-electron chi connectivity index (χ3n) is 5.63. The normalized spacial score (nSPS) is 17.9. The molecule has 156 valence electrons. The summed E-state index contributed by atoms with van der Waals surface area (Å²) in [6.07, 6.45) is 4.30. The first-order chi connectivity index (χ1) is 13.6. The number of carbonyl (C=O) groups is 1. The molecule has 28 heavy (non-hydrogen) atoms. The maximum atomic E-state index is 12.5. The zero-order valence-corrected chi connectivity index (χ0v) is 17.3. The van der Waals surface area contributed by atoms with Crippen molar-refractivity contribution in [2.75, 3.05) is 63.1 Å². The zero-order valence-electron chi connectivity index (χ0n) is 17.3. The van der Waals surface area contributed by atoms with Crippen LogP contribution in [0.1, 0.15) is 45.1 Å². The van der Waals surface area contributed by atoms with Crippen LogP contribution in [0.3, 0.4) is 0 Å². The molecule has 8 heteroatoms. The first-order valence-electron chi connectivity index (χ1n) is 10.7. The number of hydrogen-bond donors (Lipinski definition) is 1. The highest BCUT2D eigenvalue weighted by Gasteiger charge is 2.31. The largest absolute Gasteiger partial charge is 0.463 e. The van der Waals surface area contributed by atoms with Gasteiger partial charge >= 0.3 is 6.01 Å². The van der Waals surface area contributed by atoms with E-state index in [0.717, 1.165) is 70.5 Å². The Morgan fingerprint density at radius 2 is 1.71 bits per heavy atom. The molecule has 0 atom stereocenters. The number of fused-ring (bicyclic) bond motifs is 1. The molecule has 0 saturated carbocycles. The van der Waals surface area contributed by atoms with Crippen LogP contribution in [0.25, 0.3) is 0 Å². The molecular formula is C20H34N6O2. The van der Waals surface area contributed by atoms with Gasteiger partial charge < -0.3 is 20.3 Å². The highest BCUT2D eigenvalue weighted by Crippen LogP contribution is 2.32. The second-order valence-electron chi connectivity index (χ2n) is 7.60. The standard InChI is InChI=1S/C20H34N6O2/c1-3-5-14-28-20-22-18(21)16-15-17(27)26(19(16)23-20)9-7-6-8-25-12-10-24(4-2)11-13-25/h3-15H2,1-2H3,(H2,21,22,23). The van der Waals surface area contributed by atoms with Crippen molar-refractivity contribution in [1.82, 2.24) is 19.8 Å². The fourth-order valence-electron chi connectivity index (χ4n) is 3.76. The van der Waals surface area contributed by atoms with E-state index in [9.17, 15) is 4.79 Å². The summed E-state index contributed by atoms with van der Waals surface area (Å²) >= 11 is 0. The van der Waals surface area contributed by atoms with Crippen molar-refractivity contribution in [3.63, 3.8) is 0 Å². The summed E-state index contributed by atoms with van der Waals surface area (Å²) in [6, 6.07) is 0.276. The van der Waals surface area contributed by atoms with Gasteiger partial charge in [0.25, 0.3) is 0 Å². The predicted molar refractivity (Wildman–Crippen MR) is 111 cm³/mol. The van der Waals surface area contributed by atoms with E-state index in [0.29, 0.717) is 24.8 Å². The Morgan fingerprint density at radius 1 is 1.00 bits per heavy atom. The Hall–Kier alpha value is -1.93. The fraction of sp³-hybridized carbons (Fsp3) is 0.750. The van der Waals surface area contributed by atoms with Crippen molar-refractivity contribution >= 4 is 17.5 Å². The van der Waals surface area contributed by atoms with Crippen molar-refractivity contribution in [1.29, 1.82) is 0 Å². The number of rotatable bonds is 10. The summed E-state index contributed by atoms with van der Waals surface area (Å²) in [4.78, 5) is 27.9. The van der Waals surface area contributed by atoms with Crippen LogP contribution < -0.4 is 15.4 Å². The number of aromatic nitrogens is 2. The molecule has 0 aromatic carbocycles. The minimum atomic E-state index is 0.0540. The summed E-state index contributed by atoms with van der Waals surface area (Å²) in [7, 11) is 0. The van der Waals surface area contributed by atoms with Gasteiger partial charge in [-0.1, -0.05) is 20.3 Å². The number of piperazine rings is 1. The average Bonchev–Trinajstić information content (AvgIpc) is 3.02. The number of hydrogen-bond acceptors (Lipinski definition) is 7. The van der Waals surface area contributed by atoms with Gasteiger partial charge in [0.05, 0.1) is 13.0 Å². The Balaban J connectivity index is 1.50.